The van der Waals surface area contributed by atoms with Crippen molar-refractivity contribution in [3.63, 3.8) is 0 Å². The molecule has 2 aromatic rings. The lowest BCUT2D eigenvalue weighted by atomic mass is 10.0. The van der Waals surface area contributed by atoms with Gasteiger partial charge in [-0.15, -0.1) is 0 Å². The minimum atomic E-state index is -0.375. The molecule has 0 aromatic heterocycles. The summed E-state index contributed by atoms with van der Waals surface area (Å²) in [6, 6.07) is 14.4. The SMILES string of the molecule is CC(C)CSCC(O)c1cccc2ccccc12. The standard InChI is InChI=1S/C16H20OS/c1-12(2)10-18-11-16(17)15-9-5-7-13-6-3-4-8-14(13)15/h3-9,12,16-17H,10-11H2,1-2H3. The van der Waals surface area contributed by atoms with Crippen LogP contribution in [0.5, 0.6) is 0 Å². The zero-order valence-electron chi connectivity index (χ0n) is 11.0. The number of aliphatic hydroxyl groups excluding tert-OH is 1. The van der Waals surface area contributed by atoms with Crippen molar-refractivity contribution in [2.24, 2.45) is 5.92 Å². The van der Waals surface area contributed by atoms with Crippen LogP contribution in [0.1, 0.15) is 25.5 Å². The van der Waals surface area contributed by atoms with Crippen molar-refractivity contribution < 1.29 is 5.11 Å². The first-order valence-corrected chi connectivity index (χ1v) is 7.57. The van der Waals surface area contributed by atoms with Crippen molar-refractivity contribution in [2.45, 2.75) is 20.0 Å². The smallest absolute Gasteiger partial charge is 0.0886 e. The van der Waals surface area contributed by atoms with Crippen molar-refractivity contribution in [1.82, 2.24) is 0 Å². The minimum Gasteiger partial charge on any atom is -0.388 e. The summed E-state index contributed by atoms with van der Waals surface area (Å²) in [6.07, 6.45) is -0.375. The van der Waals surface area contributed by atoms with E-state index in [9.17, 15) is 5.11 Å². The van der Waals surface area contributed by atoms with Gasteiger partial charge in [0.05, 0.1) is 6.10 Å². The van der Waals surface area contributed by atoms with Crippen LogP contribution >= 0.6 is 11.8 Å². The van der Waals surface area contributed by atoms with Crippen LogP contribution in [0.3, 0.4) is 0 Å². The molecule has 96 valence electrons. The highest BCUT2D eigenvalue weighted by Gasteiger charge is 2.11. The van der Waals surface area contributed by atoms with E-state index in [1.54, 1.807) is 0 Å². The lowest BCUT2D eigenvalue weighted by molar-refractivity contribution is 0.205. The highest BCUT2D eigenvalue weighted by Crippen LogP contribution is 2.26. The van der Waals surface area contributed by atoms with Gasteiger partial charge in [-0.05, 0) is 28.0 Å². The first-order valence-electron chi connectivity index (χ1n) is 6.42. The Bertz CT molecular complexity index is 502. The number of benzene rings is 2. The molecule has 0 aliphatic carbocycles. The molecule has 0 bridgehead atoms. The quantitative estimate of drug-likeness (QED) is 0.866. The van der Waals surface area contributed by atoms with E-state index in [4.69, 9.17) is 0 Å². The molecule has 2 heteroatoms. The second-order valence-electron chi connectivity index (χ2n) is 5.02. The van der Waals surface area contributed by atoms with E-state index in [1.165, 1.54) is 5.39 Å². The molecule has 1 unspecified atom stereocenters. The highest BCUT2D eigenvalue weighted by atomic mass is 32.2. The molecule has 0 aliphatic rings. The third-order valence-electron chi connectivity index (χ3n) is 2.91. The molecule has 0 radical (unpaired) electrons. The summed E-state index contributed by atoms with van der Waals surface area (Å²) in [4.78, 5) is 0. The Kier molecular flexibility index (Phi) is 4.67. The van der Waals surface area contributed by atoms with Gasteiger partial charge < -0.3 is 5.11 Å². The van der Waals surface area contributed by atoms with Crippen LogP contribution < -0.4 is 0 Å². The molecule has 0 spiro atoms. The predicted molar refractivity (Wildman–Crippen MR) is 81.1 cm³/mol. The molecule has 0 aliphatic heterocycles. The van der Waals surface area contributed by atoms with Crippen molar-refractivity contribution >= 4 is 22.5 Å². The molecule has 1 N–H and O–H groups in total. The molecular weight excluding hydrogens is 240 g/mol. The Balaban J connectivity index is 2.15. The first-order chi connectivity index (χ1) is 8.68. The van der Waals surface area contributed by atoms with E-state index in [0.29, 0.717) is 5.92 Å². The summed E-state index contributed by atoms with van der Waals surface area (Å²) < 4.78 is 0. The summed E-state index contributed by atoms with van der Waals surface area (Å²) in [5.74, 6) is 2.54. The van der Waals surface area contributed by atoms with Crippen molar-refractivity contribution in [3.05, 3.63) is 48.0 Å². The van der Waals surface area contributed by atoms with Gasteiger partial charge in [0.15, 0.2) is 0 Å². The average Bonchev–Trinajstić information content (AvgIpc) is 2.37. The van der Waals surface area contributed by atoms with Gasteiger partial charge in [0.1, 0.15) is 0 Å². The fourth-order valence-electron chi connectivity index (χ4n) is 2.05. The van der Waals surface area contributed by atoms with Crippen LogP contribution in [0.25, 0.3) is 10.8 Å². The topological polar surface area (TPSA) is 20.2 Å². The maximum atomic E-state index is 10.3. The van der Waals surface area contributed by atoms with Gasteiger partial charge in [0.25, 0.3) is 0 Å². The second-order valence-corrected chi connectivity index (χ2v) is 6.09. The van der Waals surface area contributed by atoms with Crippen molar-refractivity contribution in [1.29, 1.82) is 0 Å². The molecular formula is C16H20OS. The maximum absolute atomic E-state index is 10.3. The van der Waals surface area contributed by atoms with Crippen LogP contribution in [0, 0.1) is 5.92 Å². The molecule has 0 amide bonds. The Morgan fingerprint density at radius 3 is 2.50 bits per heavy atom. The summed E-state index contributed by atoms with van der Waals surface area (Å²) in [7, 11) is 0. The van der Waals surface area contributed by atoms with E-state index in [0.717, 1.165) is 22.5 Å². The number of hydrogen-bond acceptors (Lipinski definition) is 2. The fourth-order valence-corrected chi connectivity index (χ4v) is 3.06. The number of rotatable bonds is 5. The Morgan fingerprint density at radius 1 is 1.00 bits per heavy atom. The number of fused-ring (bicyclic) bond motifs is 1. The van der Waals surface area contributed by atoms with Crippen molar-refractivity contribution in [2.75, 3.05) is 11.5 Å². The zero-order chi connectivity index (χ0) is 13.0. The molecule has 18 heavy (non-hydrogen) atoms. The molecule has 0 heterocycles. The van der Waals surface area contributed by atoms with Gasteiger partial charge in [-0.25, -0.2) is 0 Å². The van der Waals surface area contributed by atoms with E-state index >= 15 is 0 Å². The monoisotopic (exact) mass is 260 g/mol. The first kappa shape index (κ1) is 13.4. The van der Waals surface area contributed by atoms with E-state index in [1.807, 2.05) is 36.0 Å². The summed E-state index contributed by atoms with van der Waals surface area (Å²) in [5.41, 5.74) is 1.05. The summed E-state index contributed by atoms with van der Waals surface area (Å²) in [6.45, 7) is 4.41. The third-order valence-corrected chi connectivity index (χ3v) is 4.36. The third kappa shape index (κ3) is 3.27. The highest BCUT2D eigenvalue weighted by molar-refractivity contribution is 7.99. The van der Waals surface area contributed by atoms with E-state index in [-0.39, 0.29) is 6.10 Å². The number of hydrogen-bond donors (Lipinski definition) is 1. The van der Waals surface area contributed by atoms with Gasteiger partial charge in [-0.3, -0.25) is 0 Å². The van der Waals surface area contributed by atoms with Crippen LogP contribution in [-0.4, -0.2) is 16.6 Å². The Hall–Kier alpha value is -0.990. The van der Waals surface area contributed by atoms with Gasteiger partial charge >= 0.3 is 0 Å². The van der Waals surface area contributed by atoms with Gasteiger partial charge in [-0.1, -0.05) is 56.3 Å². The Labute approximate surface area is 113 Å². The molecule has 1 atom stereocenters. The van der Waals surface area contributed by atoms with Crippen LogP contribution in [0.2, 0.25) is 0 Å². The fraction of sp³-hybridized carbons (Fsp3) is 0.375. The predicted octanol–water partition coefficient (Wildman–Crippen LogP) is 4.26. The van der Waals surface area contributed by atoms with Crippen LogP contribution in [0.4, 0.5) is 0 Å². The van der Waals surface area contributed by atoms with E-state index < -0.39 is 0 Å². The molecule has 0 fully saturated rings. The van der Waals surface area contributed by atoms with Gasteiger partial charge in [0, 0.05) is 5.75 Å². The largest absolute Gasteiger partial charge is 0.388 e. The Morgan fingerprint density at radius 2 is 1.72 bits per heavy atom. The lowest BCUT2D eigenvalue weighted by Gasteiger charge is -2.14. The normalized spacial score (nSPS) is 13.1. The number of thioether (sulfide) groups is 1. The maximum Gasteiger partial charge on any atom is 0.0886 e. The van der Waals surface area contributed by atoms with Crippen LogP contribution in [-0.2, 0) is 0 Å². The molecule has 1 nitrogen and oxygen atoms in total. The van der Waals surface area contributed by atoms with Gasteiger partial charge in [-0.2, -0.15) is 11.8 Å². The average molecular weight is 260 g/mol. The molecule has 2 rings (SSSR count). The lowest BCUT2D eigenvalue weighted by Crippen LogP contribution is -2.03. The summed E-state index contributed by atoms with van der Waals surface area (Å²) in [5, 5.41) is 12.7. The van der Waals surface area contributed by atoms with E-state index in [2.05, 4.69) is 32.0 Å². The molecule has 0 saturated heterocycles. The van der Waals surface area contributed by atoms with Crippen LogP contribution in [0.15, 0.2) is 42.5 Å². The minimum absolute atomic E-state index is 0.375. The van der Waals surface area contributed by atoms with Gasteiger partial charge in [0.2, 0.25) is 0 Å². The number of aliphatic hydroxyl groups is 1. The molecule has 0 saturated carbocycles. The summed E-state index contributed by atoms with van der Waals surface area (Å²) >= 11 is 1.82. The van der Waals surface area contributed by atoms with Crippen molar-refractivity contribution in [3.8, 4) is 0 Å². The zero-order valence-corrected chi connectivity index (χ0v) is 11.8. The second kappa shape index (κ2) is 6.26. The molecule has 2 aromatic carbocycles.